The van der Waals surface area contributed by atoms with Crippen LogP contribution in [0.2, 0.25) is 0 Å². The van der Waals surface area contributed by atoms with Gasteiger partial charge in [-0.2, -0.15) is 0 Å². The van der Waals surface area contributed by atoms with Crippen LogP contribution in [-0.2, 0) is 9.59 Å². The molecule has 1 aliphatic rings. The smallest absolute Gasteiger partial charge is 0.307 e. The van der Waals surface area contributed by atoms with Crippen molar-refractivity contribution in [3.63, 3.8) is 0 Å². The predicted octanol–water partition coefficient (Wildman–Crippen LogP) is 3.74. The second-order valence-corrected chi connectivity index (χ2v) is 6.25. The van der Waals surface area contributed by atoms with Crippen LogP contribution < -0.4 is 5.32 Å². The second kappa shape index (κ2) is 10.6. The Morgan fingerprint density at radius 2 is 1.52 bits per heavy atom. The topological polar surface area (TPSA) is 66.4 Å². The number of carboxylic acids is 1. The van der Waals surface area contributed by atoms with Crippen LogP contribution in [0.15, 0.2) is 0 Å². The lowest BCUT2D eigenvalue weighted by atomic mass is 9.95. The molecule has 0 aliphatic heterocycles. The van der Waals surface area contributed by atoms with Gasteiger partial charge in [-0.05, 0) is 19.3 Å². The van der Waals surface area contributed by atoms with Gasteiger partial charge < -0.3 is 10.4 Å². The molecule has 0 saturated heterocycles. The molecule has 0 aromatic heterocycles. The molecule has 2 atom stereocenters. The van der Waals surface area contributed by atoms with E-state index in [9.17, 15) is 9.59 Å². The van der Waals surface area contributed by atoms with Gasteiger partial charge in [-0.25, -0.2) is 0 Å². The fourth-order valence-electron chi connectivity index (χ4n) is 3.17. The molecular formula is C17H31NO3. The van der Waals surface area contributed by atoms with Gasteiger partial charge in [-0.3, -0.25) is 9.59 Å². The first kappa shape index (κ1) is 18.0. The standard InChI is InChI=1S/C17H31NO3/c1-2-3-4-5-6-7-8-9-13-18-16(19)14-11-10-12-15(14)17(20)21/h14-15H,2-13H2,1H3,(H,18,19)(H,20,21). The molecule has 2 unspecified atom stereocenters. The summed E-state index contributed by atoms with van der Waals surface area (Å²) in [6.07, 6.45) is 12.2. The van der Waals surface area contributed by atoms with Crippen LogP contribution in [0, 0.1) is 11.8 Å². The minimum Gasteiger partial charge on any atom is -0.481 e. The Hall–Kier alpha value is -1.06. The van der Waals surface area contributed by atoms with Gasteiger partial charge in [0.25, 0.3) is 0 Å². The van der Waals surface area contributed by atoms with Gasteiger partial charge in [0.15, 0.2) is 0 Å². The van der Waals surface area contributed by atoms with Crippen LogP contribution in [0.3, 0.4) is 0 Å². The Morgan fingerprint density at radius 1 is 0.952 bits per heavy atom. The van der Waals surface area contributed by atoms with Gasteiger partial charge in [0, 0.05) is 6.54 Å². The molecular weight excluding hydrogens is 266 g/mol. The number of rotatable bonds is 11. The van der Waals surface area contributed by atoms with E-state index in [1.54, 1.807) is 0 Å². The number of carbonyl (C=O) groups excluding carboxylic acids is 1. The number of carbonyl (C=O) groups is 2. The van der Waals surface area contributed by atoms with Gasteiger partial charge in [-0.1, -0.05) is 58.3 Å². The fourth-order valence-corrected chi connectivity index (χ4v) is 3.17. The third-order valence-corrected chi connectivity index (χ3v) is 4.50. The van der Waals surface area contributed by atoms with Crippen LogP contribution in [0.1, 0.15) is 77.6 Å². The highest BCUT2D eigenvalue weighted by molar-refractivity contribution is 5.85. The van der Waals surface area contributed by atoms with Crippen molar-refractivity contribution in [1.29, 1.82) is 0 Å². The van der Waals surface area contributed by atoms with Crippen molar-refractivity contribution >= 4 is 11.9 Å². The molecule has 0 radical (unpaired) electrons. The lowest BCUT2D eigenvalue weighted by molar-refractivity contribution is -0.146. The summed E-state index contributed by atoms with van der Waals surface area (Å²) in [6.45, 7) is 2.92. The molecule has 4 nitrogen and oxygen atoms in total. The number of hydrogen-bond donors (Lipinski definition) is 2. The van der Waals surface area contributed by atoms with Crippen molar-refractivity contribution < 1.29 is 14.7 Å². The van der Waals surface area contributed by atoms with E-state index in [1.807, 2.05) is 0 Å². The molecule has 0 heterocycles. The summed E-state index contributed by atoms with van der Waals surface area (Å²) in [5.74, 6) is -1.65. The maximum atomic E-state index is 12.0. The zero-order valence-electron chi connectivity index (χ0n) is 13.4. The van der Waals surface area contributed by atoms with Crippen molar-refractivity contribution in [2.24, 2.45) is 11.8 Å². The fraction of sp³-hybridized carbons (Fsp3) is 0.882. The average molecular weight is 297 g/mol. The zero-order chi connectivity index (χ0) is 15.5. The summed E-state index contributed by atoms with van der Waals surface area (Å²) in [5.41, 5.74) is 0. The Kier molecular flexibility index (Phi) is 9.11. The van der Waals surface area contributed by atoms with Crippen molar-refractivity contribution in [1.82, 2.24) is 5.32 Å². The molecule has 1 amide bonds. The molecule has 4 heteroatoms. The van der Waals surface area contributed by atoms with E-state index in [1.165, 1.54) is 38.5 Å². The van der Waals surface area contributed by atoms with E-state index in [0.717, 1.165) is 25.7 Å². The molecule has 0 aromatic carbocycles. The van der Waals surface area contributed by atoms with Gasteiger partial charge >= 0.3 is 5.97 Å². The Labute approximate surface area is 128 Å². The molecule has 1 aliphatic carbocycles. The lowest BCUT2D eigenvalue weighted by Gasteiger charge is -2.15. The maximum Gasteiger partial charge on any atom is 0.307 e. The number of amides is 1. The third kappa shape index (κ3) is 6.96. The van der Waals surface area contributed by atoms with Crippen LogP contribution in [0.25, 0.3) is 0 Å². The Balaban J connectivity index is 2.02. The summed E-state index contributed by atoms with van der Waals surface area (Å²) in [6, 6.07) is 0. The summed E-state index contributed by atoms with van der Waals surface area (Å²) < 4.78 is 0. The first-order valence-corrected chi connectivity index (χ1v) is 8.67. The summed E-state index contributed by atoms with van der Waals surface area (Å²) >= 11 is 0. The second-order valence-electron chi connectivity index (χ2n) is 6.25. The lowest BCUT2D eigenvalue weighted by Crippen LogP contribution is -2.35. The highest BCUT2D eigenvalue weighted by Crippen LogP contribution is 2.31. The average Bonchev–Trinajstić information content (AvgIpc) is 2.95. The Morgan fingerprint density at radius 3 is 2.14 bits per heavy atom. The van der Waals surface area contributed by atoms with E-state index in [0.29, 0.717) is 13.0 Å². The summed E-state index contributed by atoms with van der Waals surface area (Å²) in [5, 5.41) is 12.0. The van der Waals surface area contributed by atoms with Gasteiger partial charge in [0.05, 0.1) is 11.8 Å². The molecule has 1 fully saturated rings. The highest BCUT2D eigenvalue weighted by Gasteiger charge is 2.37. The van der Waals surface area contributed by atoms with Gasteiger partial charge in [-0.15, -0.1) is 0 Å². The van der Waals surface area contributed by atoms with E-state index >= 15 is 0 Å². The number of hydrogen-bond acceptors (Lipinski definition) is 2. The predicted molar refractivity (Wildman–Crippen MR) is 84.1 cm³/mol. The quantitative estimate of drug-likeness (QED) is 0.571. The molecule has 0 spiro atoms. The van der Waals surface area contributed by atoms with Crippen LogP contribution >= 0.6 is 0 Å². The molecule has 122 valence electrons. The van der Waals surface area contributed by atoms with Crippen molar-refractivity contribution in [3.8, 4) is 0 Å². The van der Waals surface area contributed by atoms with E-state index < -0.39 is 11.9 Å². The highest BCUT2D eigenvalue weighted by atomic mass is 16.4. The zero-order valence-corrected chi connectivity index (χ0v) is 13.4. The van der Waals surface area contributed by atoms with Gasteiger partial charge in [0.1, 0.15) is 0 Å². The molecule has 21 heavy (non-hydrogen) atoms. The van der Waals surface area contributed by atoms with Crippen molar-refractivity contribution in [2.75, 3.05) is 6.54 Å². The van der Waals surface area contributed by atoms with Gasteiger partial charge in [0.2, 0.25) is 5.91 Å². The number of carboxylic acid groups (broad SMARTS) is 1. The number of aliphatic carboxylic acids is 1. The maximum absolute atomic E-state index is 12.0. The molecule has 0 bridgehead atoms. The number of unbranched alkanes of at least 4 members (excludes halogenated alkanes) is 7. The minimum absolute atomic E-state index is 0.0529. The minimum atomic E-state index is -0.820. The van der Waals surface area contributed by atoms with E-state index in [2.05, 4.69) is 12.2 Å². The Bertz CT molecular complexity index is 317. The van der Waals surface area contributed by atoms with Crippen LogP contribution in [0.5, 0.6) is 0 Å². The SMILES string of the molecule is CCCCCCCCCCNC(=O)C1CCCC1C(=O)O. The molecule has 2 N–H and O–H groups in total. The first-order valence-electron chi connectivity index (χ1n) is 8.67. The molecule has 1 rings (SSSR count). The summed E-state index contributed by atoms with van der Waals surface area (Å²) in [7, 11) is 0. The molecule has 1 saturated carbocycles. The monoisotopic (exact) mass is 297 g/mol. The first-order chi connectivity index (χ1) is 10.2. The van der Waals surface area contributed by atoms with Crippen molar-refractivity contribution in [3.05, 3.63) is 0 Å². The molecule has 0 aromatic rings. The largest absolute Gasteiger partial charge is 0.481 e. The van der Waals surface area contributed by atoms with E-state index in [4.69, 9.17) is 5.11 Å². The van der Waals surface area contributed by atoms with Crippen molar-refractivity contribution in [2.45, 2.75) is 77.6 Å². The van der Waals surface area contributed by atoms with E-state index in [-0.39, 0.29) is 11.8 Å². The van der Waals surface area contributed by atoms with Crippen LogP contribution in [0.4, 0.5) is 0 Å². The summed E-state index contributed by atoms with van der Waals surface area (Å²) in [4.78, 5) is 23.1. The van der Waals surface area contributed by atoms with Crippen LogP contribution in [-0.4, -0.2) is 23.5 Å². The normalized spacial score (nSPS) is 21.4. The third-order valence-electron chi connectivity index (χ3n) is 4.50. The number of nitrogens with one attached hydrogen (secondary N) is 1.